The largest absolute Gasteiger partial charge is 0.310 e. The normalized spacial score (nSPS) is 24.9. The molecule has 0 aliphatic heterocycles. The second-order valence-electron chi connectivity index (χ2n) is 5.13. The predicted molar refractivity (Wildman–Crippen MR) is 74.7 cm³/mol. The van der Waals surface area contributed by atoms with E-state index < -0.39 is 0 Å². The van der Waals surface area contributed by atoms with Gasteiger partial charge in [-0.2, -0.15) is 0 Å². The average molecular weight is 272 g/mol. The van der Waals surface area contributed by atoms with E-state index in [0.29, 0.717) is 16.1 Å². The lowest BCUT2D eigenvalue weighted by Crippen LogP contribution is -2.33. The molecule has 1 fully saturated rings. The van der Waals surface area contributed by atoms with Crippen LogP contribution in [0, 0.1) is 5.92 Å². The summed E-state index contributed by atoms with van der Waals surface area (Å²) in [7, 11) is 0. The summed E-state index contributed by atoms with van der Waals surface area (Å²) >= 11 is 12.0. The van der Waals surface area contributed by atoms with Crippen LogP contribution in [-0.4, -0.2) is 6.04 Å². The first kappa shape index (κ1) is 13.2. The highest BCUT2D eigenvalue weighted by molar-refractivity contribution is 6.34. The zero-order valence-corrected chi connectivity index (χ0v) is 11.7. The molecule has 0 saturated heterocycles. The van der Waals surface area contributed by atoms with Gasteiger partial charge in [-0.25, -0.2) is 0 Å². The van der Waals surface area contributed by atoms with E-state index in [9.17, 15) is 0 Å². The van der Waals surface area contributed by atoms with E-state index in [1.165, 1.54) is 31.2 Å². The molecule has 3 heteroatoms. The molecule has 0 spiro atoms. The van der Waals surface area contributed by atoms with Crippen molar-refractivity contribution in [2.45, 2.75) is 45.2 Å². The summed E-state index contributed by atoms with van der Waals surface area (Å²) in [5.41, 5.74) is 1.17. The maximum atomic E-state index is 5.98. The van der Waals surface area contributed by atoms with Crippen LogP contribution in [0.5, 0.6) is 0 Å². The van der Waals surface area contributed by atoms with E-state index in [1.54, 1.807) is 6.07 Å². The Hall–Kier alpha value is -0.240. The Morgan fingerprint density at radius 3 is 2.53 bits per heavy atom. The first-order valence-electron chi connectivity index (χ1n) is 6.32. The van der Waals surface area contributed by atoms with E-state index in [0.717, 1.165) is 12.5 Å². The van der Waals surface area contributed by atoms with Crippen molar-refractivity contribution < 1.29 is 0 Å². The van der Waals surface area contributed by atoms with Crippen molar-refractivity contribution in [2.75, 3.05) is 0 Å². The quantitative estimate of drug-likeness (QED) is 0.843. The fourth-order valence-corrected chi connectivity index (χ4v) is 3.17. The first-order valence-corrected chi connectivity index (χ1v) is 7.07. The van der Waals surface area contributed by atoms with Gasteiger partial charge in [0.2, 0.25) is 0 Å². The number of hydrogen-bond acceptors (Lipinski definition) is 1. The van der Waals surface area contributed by atoms with E-state index in [4.69, 9.17) is 23.2 Å². The molecule has 2 unspecified atom stereocenters. The molecular formula is C14H19Cl2N. The van der Waals surface area contributed by atoms with Crippen LogP contribution in [-0.2, 0) is 6.54 Å². The van der Waals surface area contributed by atoms with Gasteiger partial charge in [-0.1, -0.05) is 43.0 Å². The summed E-state index contributed by atoms with van der Waals surface area (Å²) in [5.74, 6) is 0.851. The molecule has 1 aromatic carbocycles. The lowest BCUT2D eigenvalue weighted by molar-refractivity contribution is 0.300. The van der Waals surface area contributed by atoms with Gasteiger partial charge in [0.25, 0.3) is 0 Å². The van der Waals surface area contributed by atoms with Crippen LogP contribution < -0.4 is 5.32 Å². The van der Waals surface area contributed by atoms with Crippen LogP contribution >= 0.6 is 23.2 Å². The van der Waals surface area contributed by atoms with Crippen molar-refractivity contribution in [1.29, 1.82) is 0 Å². The van der Waals surface area contributed by atoms with Crippen molar-refractivity contribution >= 4 is 23.2 Å². The standard InChI is InChI=1S/C14H19Cl2N/c1-10-3-2-4-14(5-10)17-9-11-6-12(15)8-13(16)7-11/h6-8,10,14,17H,2-5,9H2,1H3. The van der Waals surface area contributed by atoms with Gasteiger partial charge < -0.3 is 5.32 Å². The van der Waals surface area contributed by atoms with Crippen molar-refractivity contribution in [2.24, 2.45) is 5.92 Å². The molecule has 1 saturated carbocycles. The minimum Gasteiger partial charge on any atom is -0.310 e. The van der Waals surface area contributed by atoms with Gasteiger partial charge in [0, 0.05) is 22.6 Å². The highest BCUT2D eigenvalue weighted by Crippen LogP contribution is 2.24. The van der Waals surface area contributed by atoms with Gasteiger partial charge >= 0.3 is 0 Å². The second kappa shape index (κ2) is 6.08. The number of benzene rings is 1. The lowest BCUT2D eigenvalue weighted by atomic mass is 9.87. The van der Waals surface area contributed by atoms with Crippen LogP contribution in [0.3, 0.4) is 0 Å². The molecular weight excluding hydrogens is 253 g/mol. The fourth-order valence-electron chi connectivity index (χ4n) is 2.59. The molecule has 94 valence electrons. The van der Waals surface area contributed by atoms with E-state index in [1.807, 2.05) is 12.1 Å². The van der Waals surface area contributed by atoms with Gasteiger partial charge in [0.15, 0.2) is 0 Å². The van der Waals surface area contributed by atoms with Crippen LogP contribution in [0.15, 0.2) is 18.2 Å². The molecule has 0 bridgehead atoms. The molecule has 0 amide bonds. The van der Waals surface area contributed by atoms with E-state index in [2.05, 4.69) is 12.2 Å². The molecule has 0 heterocycles. The molecule has 17 heavy (non-hydrogen) atoms. The number of hydrogen-bond donors (Lipinski definition) is 1. The summed E-state index contributed by atoms with van der Waals surface area (Å²) < 4.78 is 0. The minimum atomic E-state index is 0.650. The van der Waals surface area contributed by atoms with Gasteiger partial charge in [0.1, 0.15) is 0 Å². The SMILES string of the molecule is CC1CCCC(NCc2cc(Cl)cc(Cl)c2)C1. The third kappa shape index (κ3) is 4.17. The molecule has 1 N–H and O–H groups in total. The number of halogens is 2. The van der Waals surface area contributed by atoms with Crippen LogP contribution in [0.1, 0.15) is 38.2 Å². The van der Waals surface area contributed by atoms with Crippen LogP contribution in [0.4, 0.5) is 0 Å². The Labute approximate surface area is 114 Å². The van der Waals surface area contributed by atoms with Crippen molar-refractivity contribution in [1.82, 2.24) is 5.32 Å². The zero-order valence-electron chi connectivity index (χ0n) is 10.2. The summed E-state index contributed by atoms with van der Waals surface area (Å²) in [5, 5.41) is 5.03. The minimum absolute atomic E-state index is 0.650. The fraction of sp³-hybridized carbons (Fsp3) is 0.571. The predicted octanol–water partition coefficient (Wildman–Crippen LogP) is 4.66. The lowest BCUT2D eigenvalue weighted by Gasteiger charge is -2.27. The maximum Gasteiger partial charge on any atom is 0.0424 e. The summed E-state index contributed by atoms with van der Waals surface area (Å²) in [6.07, 6.45) is 5.29. The third-order valence-corrected chi connectivity index (χ3v) is 3.89. The monoisotopic (exact) mass is 271 g/mol. The topological polar surface area (TPSA) is 12.0 Å². The molecule has 0 aromatic heterocycles. The average Bonchev–Trinajstić information content (AvgIpc) is 2.25. The zero-order chi connectivity index (χ0) is 12.3. The molecule has 2 atom stereocenters. The Kier molecular flexibility index (Phi) is 4.72. The van der Waals surface area contributed by atoms with Gasteiger partial charge in [-0.3, -0.25) is 0 Å². The van der Waals surface area contributed by atoms with E-state index >= 15 is 0 Å². The molecule has 1 aliphatic rings. The highest BCUT2D eigenvalue weighted by atomic mass is 35.5. The molecule has 0 radical (unpaired) electrons. The maximum absolute atomic E-state index is 5.98. The van der Waals surface area contributed by atoms with Crippen LogP contribution in [0.25, 0.3) is 0 Å². The highest BCUT2D eigenvalue weighted by Gasteiger charge is 2.17. The van der Waals surface area contributed by atoms with E-state index in [-0.39, 0.29) is 0 Å². The molecule has 1 aliphatic carbocycles. The Morgan fingerprint density at radius 2 is 1.88 bits per heavy atom. The van der Waals surface area contributed by atoms with Crippen molar-refractivity contribution in [3.8, 4) is 0 Å². The molecule has 2 rings (SSSR count). The first-order chi connectivity index (χ1) is 8.13. The summed E-state index contributed by atoms with van der Waals surface area (Å²) in [6.45, 7) is 3.20. The van der Waals surface area contributed by atoms with Gasteiger partial charge in [0.05, 0.1) is 0 Å². The van der Waals surface area contributed by atoms with Crippen molar-refractivity contribution in [3.05, 3.63) is 33.8 Å². The summed E-state index contributed by atoms with van der Waals surface area (Å²) in [6, 6.07) is 6.38. The third-order valence-electron chi connectivity index (χ3n) is 3.45. The number of rotatable bonds is 3. The van der Waals surface area contributed by atoms with Gasteiger partial charge in [-0.15, -0.1) is 0 Å². The Morgan fingerprint density at radius 1 is 1.18 bits per heavy atom. The number of nitrogens with one attached hydrogen (secondary N) is 1. The molecule has 1 aromatic rings. The van der Waals surface area contributed by atoms with Crippen LogP contribution in [0.2, 0.25) is 10.0 Å². The second-order valence-corrected chi connectivity index (χ2v) is 6.00. The van der Waals surface area contributed by atoms with Crippen molar-refractivity contribution in [3.63, 3.8) is 0 Å². The Bertz CT molecular complexity index is 358. The molecule has 1 nitrogen and oxygen atoms in total. The Balaban J connectivity index is 1.88. The van der Waals surface area contributed by atoms with Gasteiger partial charge in [-0.05, 0) is 42.5 Å². The summed E-state index contributed by atoms with van der Waals surface area (Å²) in [4.78, 5) is 0. The smallest absolute Gasteiger partial charge is 0.0424 e.